The van der Waals surface area contributed by atoms with Crippen molar-refractivity contribution in [2.45, 2.75) is 70.8 Å². The number of Topliss-reactive ketones (excluding diaryl/α,β-unsaturated/α-hetero) is 1. The van der Waals surface area contributed by atoms with Crippen LogP contribution in [-0.4, -0.2) is 29.9 Å². The summed E-state index contributed by atoms with van der Waals surface area (Å²) in [5, 5.41) is 7.05. The van der Waals surface area contributed by atoms with E-state index in [-0.39, 0.29) is 28.9 Å². The highest BCUT2D eigenvalue weighted by Gasteiger charge is 2.54. The molecule has 34 heavy (non-hydrogen) atoms. The number of nitrogens with zero attached hydrogens (tertiary/aromatic N) is 1. The molecule has 180 valence electrons. The summed E-state index contributed by atoms with van der Waals surface area (Å²) in [6.07, 6.45) is 12.6. The minimum Gasteiger partial charge on any atom is -0.344 e. The van der Waals surface area contributed by atoms with Gasteiger partial charge in [0, 0.05) is 11.6 Å². The first kappa shape index (κ1) is 23.0. The van der Waals surface area contributed by atoms with Crippen molar-refractivity contribution in [3.05, 3.63) is 41.5 Å². The zero-order valence-electron chi connectivity index (χ0n) is 20.0. The van der Waals surface area contributed by atoms with E-state index in [9.17, 15) is 14.4 Å². The molecular weight excluding hydrogens is 426 g/mol. The molecule has 5 aliphatic rings. The summed E-state index contributed by atoms with van der Waals surface area (Å²) >= 11 is 0. The lowest BCUT2D eigenvalue weighted by Gasteiger charge is -2.55. The van der Waals surface area contributed by atoms with Crippen LogP contribution >= 0.6 is 0 Å². The largest absolute Gasteiger partial charge is 0.344 e. The Kier molecular flexibility index (Phi) is 6.41. The Morgan fingerprint density at radius 2 is 1.71 bits per heavy atom. The highest BCUT2D eigenvalue weighted by Crippen LogP contribution is 2.60. The number of rotatable bonds is 6. The topological polar surface area (TPSA) is 87.6 Å². The molecule has 6 rings (SSSR count). The lowest BCUT2D eigenvalue weighted by molar-refractivity contribution is -0.148. The van der Waals surface area contributed by atoms with Gasteiger partial charge in [-0.25, -0.2) is 5.43 Å². The van der Waals surface area contributed by atoms with Gasteiger partial charge in [0.05, 0.1) is 5.92 Å². The van der Waals surface area contributed by atoms with Crippen LogP contribution in [0.5, 0.6) is 0 Å². The van der Waals surface area contributed by atoms with Gasteiger partial charge in [0.1, 0.15) is 6.04 Å². The predicted molar refractivity (Wildman–Crippen MR) is 132 cm³/mol. The van der Waals surface area contributed by atoms with Crippen molar-refractivity contribution in [1.29, 1.82) is 0 Å². The number of ketones is 1. The summed E-state index contributed by atoms with van der Waals surface area (Å²) in [5.74, 6) is 1.46. The maximum Gasteiger partial charge on any atom is 0.262 e. The third-order valence-corrected chi connectivity index (χ3v) is 8.44. The van der Waals surface area contributed by atoms with Crippen LogP contribution in [0.2, 0.25) is 0 Å². The van der Waals surface area contributed by atoms with Crippen molar-refractivity contribution in [3.63, 3.8) is 0 Å². The standard InChI is InChI=1S/C28H35N3O3/c1-18(30-27(34)28-14-20-10-21(15-28)12-22(11-20)16-28)26(33)31-29-17-24-9-5-8-23(25(24)32)13-19-6-3-2-4-7-19/h2-4,6-7,13,17-18,20-22,24H,5,8-12,14-16H2,1H3,(H,30,34)(H,31,33). The molecule has 5 fully saturated rings. The van der Waals surface area contributed by atoms with Crippen LogP contribution in [0.15, 0.2) is 41.0 Å². The summed E-state index contributed by atoms with van der Waals surface area (Å²) in [4.78, 5) is 38.6. The first-order valence-corrected chi connectivity index (χ1v) is 12.9. The summed E-state index contributed by atoms with van der Waals surface area (Å²) in [6, 6.07) is 9.17. The van der Waals surface area contributed by atoms with E-state index < -0.39 is 6.04 Å². The molecule has 5 aliphatic carbocycles. The van der Waals surface area contributed by atoms with Crippen LogP contribution in [0.25, 0.3) is 6.08 Å². The highest BCUT2D eigenvalue weighted by molar-refractivity contribution is 6.09. The SMILES string of the molecule is CC(NC(=O)C12CC3CC(CC(C3)C1)C2)C(=O)NN=CC1CCCC(=Cc2ccccc2)C1=O. The normalized spacial score (nSPS) is 34.4. The van der Waals surface area contributed by atoms with Crippen LogP contribution in [0, 0.1) is 29.1 Å². The molecule has 2 amide bonds. The lowest BCUT2D eigenvalue weighted by Crippen LogP contribution is -2.56. The van der Waals surface area contributed by atoms with E-state index in [1.165, 1.54) is 19.3 Å². The fraction of sp³-hybridized carbons (Fsp3) is 0.571. The molecule has 2 N–H and O–H groups in total. The van der Waals surface area contributed by atoms with Crippen molar-refractivity contribution in [2.75, 3.05) is 0 Å². The Morgan fingerprint density at radius 1 is 1.06 bits per heavy atom. The van der Waals surface area contributed by atoms with Gasteiger partial charge in [0.15, 0.2) is 5.78 Å². The van der Waals surface area contributed by atoms with Gasteiger partial charge in [-0.2, -0.15) is 5.10 Å². The van der Waals surface area contributed by atoms with Gasteiger partial charge >= 0.3 is 0 Å². The Bertz CT molecular complexity index is 978. The molecule has 6 heteroatoms. The smallest absolute Gasteiger partial charge is 0.262 e. The summed E-state index contributed by atoms with van der Waals surface area (Å²) in [7, 11) is 0. The molecule has 6 nitrogen and oxygen atoms in total. The second kappa shape index (κ2) is 9.47. The van der Waals surface area contributed by atoms with E-state index in [4.69, 9.17) is 0 Å². The van der Waals surface area contributed by atoms with Gasteiger partial charge in [-0.1, -0.05) is 30.3 Å². The van der Waals surface area contributed by atoms with Crippen molar-refractivity contribution in [3.8, 4) is 0 Å². The molecule has 2 atom stereocenters. The average Bonchev–Trinajstić information content (AvgIpc) is 2.81. The number of hydrogen-bond acceptors (Lipinski definition) is 4. The molecule has 1 aromatic rings. The maximum atomic E-state index is 13.2. The van der Waals surface area contributed by atoms with E-state index in [0.29, 0.717) is 17.8 Å². The second-order valence-corrected chi connectivity index (χ2v) is 11.1. The number of benzene rings is 1. The Morgan fingerprint density at radius 3 is 2.35 bits per heavy atom. The number of carbonyl (C=O) groups is 3. The molecule has 0 saturated heterocycles. The predicted octanol–water partition coefficient (Wildman–Crippen LogP) is 4.26. The number of amides is 2. The molecule has 0 radical (unpaired) electrons. The summed E-state index contributed by atoms with van der Waals surface area (Å²) in [5.41, 5.74) is 4.08. The third kappa shape index (κ3) is 4.73. The van der Waals surface area contributed by atoms with Gasteiger partial charge in [-0.15, -0.1) is 0 Å². The van der Waals surface area contributed by atoms with Crippen molar-refractivity contribution < 1.29 is 14.4 Å². The number of nitrogens with one attached hydrogen (secondary N) is 2. The fourth-order valence-electron chi connectivity index (χ4n) is 7.13. The van der Waals surface area contributed by atoms with E-state index >= 15 is 0 Å². The summed E-state index contributed by atoms with van der Waals surface area (Å²) < 4.78 is 0. The molecule has 0 aromatic heterocycles. The minimum absolute atomic E-state index is 0.0383. The van der Waals surface area contributed by atoms with Crippen molar-refractivity contribution in [1.82, 2.24) is 10.7 Å². The maximum absolute atomic E-state index is 13.2. The van der Waals surface area contributed by atoms with Gasteiger partial charge in [0.25, 0.3) is 5.91 Å². The second-order valence-electron chi connectivity index (χ2n) is 11.1. The molecule has 0 heterocycles. The van der Waals surface area contributed by atoms with Crippen molar-refractivity contribution in [2.24, 2.45) is 34.2 Å². The molecule has 2 unspecified atom stereocenters. The number of carbonyl (C=O) groups excluding carboxylic acids is 3. The summed E-state index contributed by atoms with van der Waals surface area (Å²) in [6.45, 7) is 1.70. The average molecular weight is 462 g/mol. The van der Waals surface area contributed by atoms with Crippen LogP contribution < -0.4 is 10.7 Å². The first-order chi connectivity index (χ1) is 16.4. The molecule has 0 aliphatic heterocycles. The number of hydrazone groups is 1. The quantitative estimate of drug-likeness (QED) is 0.377. The van der Waals surface area contributed by atoms with E-state index in [1.807, 2.05) is 36.4 Å². The van der Waals surface area contributed by atoms with Gasteiger partial charge in [0.2, 0.25) is 5.91 Å². The molecule has 5 saturated carbocycles. The van der Waals surface area contributed by atoms with Crippen molar-refractivity contribution >= 4 is 29.9 Å². The van der Waals surface area contributed by atoms with Crippen LogP contribution in [-0.2, 0) is 14.4 Å². The van der Waals surface area contributed by atoms with E-state index in [1.54, 1.807) is 13.1 Å². The van der Waals surface area contributed by atoms with E-state index in [0.717, 1.165) is 49.7 Å². The molecule has 4 bridgehead atoms. The van der Waals surface area contributed by atoms with Crippen LogP contribution in [0.3, 0.4) is 0 Å². The Hall–Kier alpha value is -2.76. The van der Waals surface area contributed by atoms with Crippen LogP contribution in [0.4, 0.5) is 0 Å². The lowest BCUT2D eigenvalue weighted by atomic mass is 9.49. The Labute approximate surface area is 201 Å². The number of allylic oxidation sites excluding steroid dienone is 1. The molecule has 1 aromatic carbocycles. The molecule has 0 spiro atoms. The van der Waals surface area contributed by atoms with Crippen LogP contribution in [0.1, 0.15) is 70.3 Å². The third-order valence-electron chi connectivity index (χ3n) is 8.44. The van der Waals surface area contributed by atoms with Gasteiger partial charge < -0.3 is 5.32 Å². The first-order valence-electron chi connectivity index (χ1n) is 12.9. The zero-order valence-corrected chi connectivity index (χ0v) is 20.0. The Balaban J connectivity index is 1.14. The van der Waals surface area contributed by atoms with Gasteiger partial charge in [-0.3, -0.25) is 14.4 Å². The monoisotopic (exact) mass is 461 g/mol. The van der Waals surface area contributed by atoms with E-state index in [2.05, 4.69) is 15.8 Å². The fourth-order valence-corrected chi connectivity index (χ4v) is 7.13. The van der Waals surface area contributed by atoms with Gasteiger partial charge in [-0.05, 0) is 99.7 Å². The highest BCUT2D eigenvalue weighted by atomic mass is 16.2. The zero-order chi connectivity index (χ0) is 23.7. The molecular formula is C28H35N3O3. The minimum atomic E-state index is -0.659. The number of hydrogen-bond donors (Lipinski definition) is 2.